The molecule has 0 bridgehead atoms. The number of rotatable bonds is 7. The maximum atomic E-state index is 4.33. The van der Waals surface area contributed by atoms with Crippen molar-refractivity contribution in [3.63, 3.8) is 0 Å². The van der Waals surface area contributed by atoms with Crippen LogP contribution in [0.1, 0.15) is 50.4 Å². The summed E-state index contributed by atoms with van der Waals surface area (Å²) < 4.78 is 4.01. The zero-order valence-electron chi connectivity index (χ0n) is 11.5. The number of hydrogen-bond acceptors (Lipinski definition) is 7. The van der Waals surface area contributed by atoms with Crippen molar-refractivity contribution in [3.05, 3.63) is 10.7 Å². The van der Waals surface area contributed by atoms with Crippen LogP contribution in [0.15, 0.2) is 0 Å². The molecule has 104 valence electrons. The molecule has 1 N–H and O–H groups in total. The number of aromatic nitrogens is 4. The molecular formula is C12H19N5S2. The molecular weight excluding hydrogens is 278 g/mol. The highest BCUT2D eigenvalue weighted by Gasteiger charge is 2.18. The van der Waals surface area contributed by atoms with Crippen LogP contribution in [0.2, 0.25) is 0 Å². The summed E-state index contributed by atoms with van der Waals surface area (Å²) in [4.78, 5) is 1.07. The summed E-state index contributed by atoms with van der Waals surface area (Å²) in [6, 6.07) is 0.303. The highest BCUT2D eigenvalue weighted by molar-refractivity contribution is 7.19. The van der Waals surface area contributed by atoms with E-state index < -0.39 is 0 Å². The molecule has 2 aromatic rings. The molecule has 0 saturated carbocycles. The van der Waals surface area contributed by atoms with Gasteiger partial charge in [-0.05, 0) is 37.3 Å². The molecule has 0 aliphatic heterocycles. The molecule has 0 aliphatic carbocycles. The molecule has 19 heavy (non-hydrogen) atoms. The van der Waals surface area contributed by atoms with Crippen LogP contribution in [-0.4, -0.2) is 26.3 Å². The first kappa shape index (κ1) is 14.5. The Hall–Kier alpha value is -0.920. The predicted molar refractivity (Wildman–Crippen MR) is 79.5 cm³/mol. The number of aryl methyl sites for hydroxylation is 1. The van der Waals surface area contributed by atoms with E-state index in [-0.39, 0.29) is 0 Å². The van der Waals surface area contributed by atoms with Gasteiger partial charge in [-0.2, -0.15) is 0 Å². The Labute approximate surface area is 121 Å². The molecule has 2 aromatic heterocycles. The van der Waals surface area contributed by atoms with Crippen LogP contribution in [0, 0.1) is 0 Å². The Bertz CT molecular complexity index is 508. The minimum absolute atomic E-state index is 0.303. The van der Waals surface area contributed by atoms with E-state index in [1.165, 1.54) is 11.5 Å². The molecule has 0 amide bonds. The topological polar surface area (TPSA) is 63.6 Å². The first-order chi connectivity index (χ1) is 9.30. The summed E-state index contributed by atoms with van der Waals surface area (Å²) in [7, 11) is 0. The summed E-state index contributed by atoms with van der Waals surface area (Å²) in [5.74, 6) is 0. The summed E-state index contributed by atoms with van der Waals surface area (Å²) in [5, 5.41) is 18.3. The Morgan fingerprint density at radius 2 is 2.00 bits per heavy atom. The number of nitrogens with zero attached hydrogens (tertiary/aromatic N) is 4. The molecule has 0 aromatic carbocycles. The zero-order valence-corrected chi connectivity index (χ0v) is 13.1. The van der Waals surface area contributed by atoms with Crippen molar-refractivity contribution in [1.29, 1.82) is 0 Å². The van der Waals surface area contributed by atoms with Crippen molar-refractivity contribution in [2.24, 2.45) is 0 Å². The summed E-state index contributed by atoms with van der Waals surface area (Å²) in [6.07, 6.45) is 3.03. The zero-order chi connectivity index (χ0) is 13.7. The standard InChI is InChI=1S/C12H19N5S2/c1-4-7-13-9(6-3)11-15-16-12(18-11)10-8(5-2)14-17-19-10/h9,13H,4-7H2,1-3H3. The van der Waals surface area contributed by atoms with Gasteiger partial charge in [0, 0.05) is 0 Å². The fourth-order valence-electron chi connectivity index (χ4n) is 1.79. The maximum absolute atomic E-state index is 4.33. The van der Waals surface area contributed by atoms with Crippen LogP contribution in [0.3, 0.4) is 0 Å². The third-order valence-electron chi connectivity index (χ3n) is 2.87. The lowest BCUT2D eigenvalue weighted by Crippen LogP contribution is -2.21. The first-order valence-corrected chi connectivity index (χ1v) is 8.27. The third kappa shape index (κ3) is 3.34. The number of nitrogens with one attached hydrogen (secondary N) is 1. The average Bonchev–Trinajstić information content (AvgIpc) is 3.07. The van der Waals surface area contributed by atoms with Gasteiger partial charge in [0.2, 0.25) is 0 Å². The second kappa shape index (κ2) is 7.02. The van der Waals surface area contributed by atoms with Gasteiger partial charge in [-0.25, -0.2) is 0 Å². The van der Waals surface area contributed by atoms with Crippen molar-refractivity contribution in [3.8, 4) is 9.88 Å². The average molecular weight is 297 g/mol. The van der Waals surface area contributed by atoms with Gasteiger partial charge in [0.05, 0.1) is 11.7 Å². The van der Waals surface area contributed by atoms with Gasteiger partial charge in [-0.15, -0.1) is 15.3 Å². The lowest BCUT2D eigenvalue weighted by Gasteiger charge is -2.12. The Kier molecular flexibility index (Phi) is 5.35. The third-order valence-corrected chi connectivity index (χ3v) is 4.83. The molecule has 7 heteroatoms. The van der Waals surface area contributed by atoms with Crippen molar-refractivity contribution in [1.82, 2.24) is 25.1 Å². The summed E-state index contributed by atoms with van der Waals surface area (Å²) in [5.41, 5.74) is 1.02. The highest BCUT2D eigenvalue weighted by Crippen LogP contribution is 2.31. The first-order valence-electron chi connectivity index (χ1n) is 6.68. The van der Waals surface area contributed by atoms with E-state index in [9.17, 15) is 0 Å². The molecule has 0 radical (unpaired) electrons. The van der Waals surface area contributed by atoms with E-state index in [0.717, 1.165) is 46.4 Å². The van der Waals surface area contributed by atoms with E-state index in [4.69, 9.17) is 0 Å². The van der Waals surface area contributed by atoms with Crippen LogP contribution >= 0.6 is 22.9 Å². The smallest absolute Gasteiger partial charge is 0.161 e. The fraction of sp³-hybridized carbons (Fsp3) is 0.667. The Morgan fingerprint density at radius 1 is 1.16 bits per heavy atom. The van der Waals surface area contributed by atoms with Crippen LogP contribution in [-0.2, 0) is 6.42 Å². The van der Waals surface area contributed by atoms with E-state index in [0.29, 0.717) is 6.04 Å². The molecule has 0 spiro atoms. The van der Waals surface area contributed by atoms with Crippen molar-refractivity contribution >= 4 is 22.9 Å². The van der Waals surface area contributed by atoms with E-state index in [2.05, 4.69) is 45.9 Å². The molecule has 0 saturated heterocycles. The minimum Gasteiger partial charge on any atom is -0.308 e. The van der Waals surface area contributed by atoms with Gasteiger partial charge in [0.25, 0.3) is 0 Å². The normalized spacial score (nSPS) is 12.8. The lowest BCUT2D eigenvalue weighted by atomic mass is 10.2. The van der Waals surface area contributed by atoms with Crippen molar-refractivity contribution < 1.29 is 0 Å². The SMILES string of the molecule is CCCNC(CC)c1nnc(-c2snnc2CC)s1. The molecule has 2 heterocycles. The maximum Gasteiger partial charge on any atom is 0.161 e. The van der Waals surface area contributed by atoms with Gasteiger partial charge in [-0.1, -0.05) is 36.6 Å². The Morgan fingerprint density at radius 3 is 2.68 bits per heavy atom. The van der Waals surface area contributed by atoms with Crippen LogP contribution < -0.4 is 5.32 Å². The number of hydrogen-bond donors (Lipinski definition) is 1. The van der Waals surface area contributed by atoms with Crippen LogP contribution in [0.25, 0.3) is 9.88 Å². The largest absolute Gasteiger partial charge is 0.308 e. The van der Waals surface area contributed by atoms with E-state index in [1.54, 1.807) is 11.3 Å². The summed E-state index contributed by atoms with van der Waals surface area (Å²) in [6.45, 7) is 7.43. The second-order valence-electron chi connectivity index (χ2n) is 4.26. The van der Waals surface area contributed by atoms with Gasteiger partial charge >= 0.3 is 0 Å². The summed E-state index contributed by atoms with van der Waals surface area (Å²) >= 11 is 3.05. The van der Waals surface area contributed by atoms with Crippen LogP contribution in [0.4, 0.5) is 0 Å². The van der Waals surface area contributed by atoms with Gasteiger partial charge in [0.15, 0.2) is 5.01 Å². The highest BCUT2D eigenvalue weighted by atomic mass is 32.1. The molecule has 2 rings (SSSR count). The second-order valence-corrected chi connectivity index (χ2v) is 6.03. The quantitative estimate of drug-likeness (QED) is 0.851. The van der Waals surface area contributed by atoms with E-state index in [1.807, 2.05) is 0 Å². The monoisotopic (exact) mass is 297 g/mol. The predicted octanol–water partition coefficient (Wildman–Crippen LogP) is 3.07. The minimum atomic E-state index is 0.303. The molecule has 5 nitrogen and oxygen atoms in total. The molecule has 0 fully saturated rings. The van der Waals surface area contributed by atoms with Crippen LogP contribution in [0.5, 0.6) is 0 Å². The van der Waals surface area contributed by atoms with Gasteiger partial charge in [-0.3, -0.25) is 0 Å². The Balaban J connectivity index is 2.18. The fourth-order valence-corrected chi connectivity index (χ4v) is 3.63. The van der Waals surface area contributed by atoms with E-state index >= 15 is 0 Å². The molecule has 0 aliphatic rings. The van der Waals surface area contributed by atoms with Crippen molar-refractivity contribution in [2.75, 3.05) is 6.54 Å². The molecule has 1 unspecified atom stereocenters. The lowest BCUT2D eigenvalue weighted by molar-refractivity contribution is 0.513. The van der Waals surface area contributed by atoms with Gasteiger partial charge in [0.1, 0.15) is 9.88 Å². The van der Waals surface area contributed by atoms with Crippen molar-refractivity contribution in [2.45, 2.75) is 46.1 Å². The molecule has 1 atom stereocenters. The van der Waals surface area contributed by atoms with Gasteiger partial charge < -0.3 is 5.32 Å².